The maximum atomic E-state index is 12.9. The summed E-state index contributed by atoms with van der Waals surface area (Å²) in [6.07, 6.45) is -0.706. The number of carbonyl (C=O) groups excluding carboxylic acids is 5. The molecule has 1 aromatic carbocycles. The van der Waals surface area contributed by atoms with Crippen LogP contribution in [0.2, 0.25) is 10.0 Å². The number of fused-ring (bicyclic) bond motifs is 2. The van der Waals surface area contributed by atoms with Crippen molar-refractivity contribution >= 4 is 59.6 Å². The van der Waals surface area contributed by atoms with Crippen LogP contribution in [0.4, 0.5) is 0 Å². The van der Waals surface area contributed by atoms with Crippen molar-refractivity contribution in [3.05, 3.63) is 33.8 Å². The topological polar surface area (TPSA) is 140 Å². The normalized spacial score (nSPS) is 23.5. The third-order valence-corrected chi connectivity index (χ3v) is 6.41. The smallest absolute Gasteiger partial charge is 0.518 e. The highest BCUT2D eigenvalue weighted by molar-refractivity contribution is 6.68. The molecule has 2 aliphatic heterocycles. The summed E-state index contributed by atoms with van der Waals surface area (Å²) in [7, 11) is 3.01. The van der Waals surface area contributed by atoms with Gasteiger partial charge in [0.15, 0.2) is 0 Å². The van der Waals surface area contributed by atoms with Gasteiger partial charge in [-0.05, 0) is 24.1 Å². The Morgan fingerprint density at radius 3 is 2.50 bits per heavy atom. The van der Waals surface area contributed by atoms with Gasteiger partial charge in [0.2, 0.25) is 11.8 Å². The molecule has 2 aliphatic rings. The van der Waals surface area contributed by atoms with Crippen LogP contribution < -0.4 is 10.6 Å². The third kappa shape index (κ3) is 5.93. The van der Waals surface area contributed by atoms with E-state index in [2.05, 4.69) is 10.6 Å². The fourth-order valence-corrected chi connectivity index (χ4v) is 4.48. The lowest BCUT2D eigenvalue weighted by Crippen LogP contribution is -2.65. The quantitative estimate of drug-likeness (QED) is 0.447. The highest BCUT2D eigenvalue weighted by atomic mass is 35.5. The molecule has 3 amide bonds. The molecular weight excluding hydrogens is 516 g/mol. The van der Waals surface area contributed by atoms with E-state index >= 15 is 0 Å². The van der Waals surface area contributed by atoms with Crippen LogP contribution in [-0.2, 0) is 33.1 Å². The number of amides is 3. The number of carbonyl (C=O) groups is 5. The van der Waals surface area contributed by atoms with E-state index in [1.54, 1.807) is 0 Å². The molecule has 0 spiro atoms. The summed E-state index contributed by atoms with van der Waals surface area (Å²) in [5.41, 5.74) is -1.75. The number of nitrogens with zero attached hydrogens (tertiary/aromatic N) is 1. The maximum Gasteiger partial charge on any atom is 0.518 e. The van der Waals surface area contributed by atoms with Crippen LogP contribution in [0.3, 0.4) is 0 Å². The Morgan fingerprint density at radius 2 is 1.86 bits per heavy atom. The Balaban J connectivity index is 1.77. The fourth-order valence-electron chi connectivity index (χ4n) is 4.11. The number of hydrogen-bond donors (Lipinski definition) is 2. The van der Waals surface area contributed by atoms with Gasteiger partial charge in [0.05, 0.1) is 30.0 Å². The second-order valence-electron chi connectivity index (χ2n) is 9.46. The number of rotatable bonds is 9. The van der Waals surface area contributed by atoms with Gasteiger partial charge in [-0.3, -0.25) is 24.0 Å². The summed E-state index contributed by atoms with van der Waals surface area (Å²) in [6, 6.07) is 4.34. The molecule has 0 saturated carbocycles. The molecule has 196 valence electrons. The van der Waals surface area contributed by atoms with Gasteiger partial charge in [-0.1, -0.05) is 43.5 Å². The number of hydrogen-bond acceptors (Lipinski definition) is 8. The monoisotopic (exact) mass is 542 g/mol. The molecule has 2 N–H and O–H groups in total. The predicted octanol–water partition coefficient (Wildman–Crippen LogP) is 1.47. The molecule has 3 rings (SSSR count). The Labute approximate surface area is 218 Å². The molecule has 36 heavy (non-hydrogen) atoms. The van der Waals surface area contributed by atoms with Crippen LogP contribution in [0.5, 0.6) is 0 Å². The average Bonchev–Trinajstić information content (AvgIpc) is 2.98. The summed E-state index contributed by atoms with van der Waals surface area (Å²) in [6.45, 7) is 0.134. The van der Waals surface area contributed by atoms with E-state index in [1.165, 1.54) is 37.2 Å². The van der Waals surface area contributed by atoms with Crippen molar-refractivity contribution in [3.63, 3.8) is 0 Å². The molecular formula is C22H27BCl2N3O8-. The van der Waals surface area contributed by atoms with Crippen LogP contribution in [0.25, 0.3) is 0 Å². The largest absolute Gasteiger partial charge is 0.632 e. The van der Waals surface area contributed by atoms with Crippen LogP contribution in [0, 0.1) is 5.92 Å². The lowest BCUT2D eigenvalue weighted by molar-refractivity contribution is -0.158. The van der Waals surface area contributed by atoms with Crippen LogP contribution in [0.1, 0.15) is 43.5 Å². The van der Waals surface area contributed by atoms with Gasteiger partial charge >= 0.3 is 6.75 Å². The zero-order valence-electron chi connectivity index (χ0n) is 20.3. The van der Waals surface area contributed by atoms with E-state index in [-0.39, 0.29) is 22.9 Å². The van der Waals surface area contributed by atoms with Crippen molar-refractivity contribution in [2.24, 2.45) is 5.92 Å². The van der Waals surface area contributed by atoms with Gasteiger partial charge in [0.25, 0.3) is 17.8 Å². The highest BCUT2D eigenvalue weighted by Crippen LogP contribution is 2.43. The number of halogens is 2. The lowest BCUT2D eigenvalue weighted by atomic mass is 9.64. The summed E-state index contributed by atoms with van der Waals surface area (Å²) >= 11 is 11.9. The first-order valence-electron chi connectivity index (χ1n) is 11.3. The minimum Gasteiger partial charge on any atom is -0.632 e. The van der Waals surface area contributed by atoms with Gasteiger partial charge in [0, 0.05) is 25.1 Å². The zero-order valence-corrected chi connectivity index (χ0v) is 21.8. The predicted molar refractivity (Wildman–Crippen MR) is 130 cm³/mol. The summed E-state index contributed by atoms with van der Waals surface area (Å²) in [4.78, 5) is 64.2. The molecule has 0 aromatic heterocycles. The van der Waals surface area contributed by atoms with Gasteiger partial charge in [0.1, 0.15) is 5.60 Å². The first-order valence-corrected chi connectivity index (χ1v) is 12.0. The fraction of sp³-hybridized carbons (Fsp3) is 0.500. The number of benzene rings is 1. The van der Waals surface area contributed by atoms with Gasteiger partial charge in [-0.2, -0.15) is 0 Å². The maximum absolute atomic E-state index is 12.9. The molecule has 2 saturated heterocycles. The van der Waals surface area contributed by atoms with Crippen molar-refractivity contribution in [3.8, 4) is 0 Å². The molecule has 1 aromatic rings. The first kappa shape index (κ1) is 27.8. The SMILES string of the molecule is CC(C)CC(NC(=O)CNC(=O)c1cc(Cl)ccc1Cl)[B-]12OC(=O)C[C@@](CC(=O)N(C)C)(O1)C(=O)O2. The van der Waals surface area contributed by atoms with Crippen molar-refractivity contribution in [1.82, 2.24) is 15.5 Å². The summed E-state index contributed by atoms with van der Waals surface area (Å²) in [5, 5.41) is 5.53. The van der Waals surface area contributed by atoms with E-state index in [0.29, 0.717) is 5.02 Å². The lowest BCUT2D eigenvalue weighted by Gasteiger charge is -2.46. The summed E-state index contributed by atoms with van der Waals surface area (Å²) in [5.74, 6) is -4.54. The second kappa shape index (κ2) is 10.7. The van der Waals surface area contributed by atoms with Gasteiger partial charge < -0.3 is 29.5 Å². The van der Waals surface area contributed by atoms with E-state index in [1.807, 2.05) is 13.8 Å². The molecule has 2 unspecified atom stereocenters. The van der Waals surface area contributed by atoms with E-state index < -0.39 is 67.3 Å². The Morgan fingerprint density at radius 1 is 1.17 bits per heavy atom. The molecule has 2 bridgehead atoms. The minimum absolute atomic E-state index is 0.0484. The minimum atomic E-state index is -3.10. The Bertz CT molecular complexity index is 1100. The van der Waals surface area contributed by atoms with Gasteiger partial charge in [-0.15, -0.1) is 0 Å². The van der Waals surface area contributed by atoms with Crippen molar-refractivity contribution in [1.29, 1.82) is 0 Å². The van der Waals surface area contributed by atoms with Crippen molar-refractivity contribution in [2.75, 3.05) is 20.6 Å². The van der Waals surface area contributed by atoms with Crippen LogP contribution in [0.15, 0.2) is 18.2 Å². The molecule has 11 nitrogen and oxygen atoms in total. The molecule has 2 heterocycles. The summed E-state index contributed by atoms with van der Waals surface area (Å²) < 4.78 is 16.8. The van der Waals surface area contributed by atoms with E-state index in [0.717, 1.165) is 0 Å². The molecule has 3 atom stereocenters. The second-order valence-corrected chi connectivity index (χ2v) is 10.3. The van der Waals surface area contributed by atoms with Crippen molar-refractivity contribution < 1.29 is 37.9 Å². The first-order chi connectivity index (χ1) is 16.8. The van der Waals surface area contributed by atoms with Crippen molar-refractivity contribution in [2.45, 2.75) is 44.7 Å². The average molecular weight is 543 g/mol. The molecule has 0 radical (unpaired) electrons. The Kier molecular flexibility index (Phi) is 8.22. The van der Waals surface area contributed by atoms with Gasteiger partial charge in [-0.25, -0.2) is 0 Å². The van der Waals surface area contributed by atoms with E-state index in [9.17, 15) is 24.0 Å². The highest BCUT2D eigenvalue weighted by Gasteiger charge is 2.64. The molecule has 0 aliphatic carbocycles. The standard InChI is InChI=1S/C22H27BCl2N3O8/c1-12(2)7-16(27-17(29)11-26-20(32)14-8-13(24)5-6-15(14)25)23-34-19(31)10-22(36-23,21(33)35-23)9-18(30)28(3)4/h5-6,8,12,16H,7,9-11H2,1-4H3,(H,26,32)(H,27,29)/q-1/t16?,22-,23?/m1/s1. The Hall–Kier alpha value is -2.83. The van der Waals surface area contributed by atoms with Crippen LogP contribution in [-0.4, -0.2) is 73.5 Å². The van der Waals surface area contributed by atoms with Crippen LogP contribution >= 0.6 is 23.2 Å². The molecule has 2 fully saturated rings. The number of nitrogens with one attached hydrogen (secondary N) is 2. The van der Waals surface area contributed by atoms with E-state index in [4.69, 9.17) is 37.2 Å². The molecule has 14 heteroatoms. The zero-order chi connectivity index (χ0) is 26.8. The third-order valence-electron chi connectivity index (χ3n) is 5.84.